The molecule has 0 saturated heterocycles. The van der Waals surface area contributed by atoms with Crippen molar-refractivity contribution < 1.29 is 13.2 Å². The van der Waals surface area contributed by atoms with Gasteiger partial charge >= 0.3 is 0 Å². The minimum atomic E-state index is -3.63. The summed E-state index contributed by atoms with van der Waals surface area (Å²) >= 11 is 0. The summed E-state index contributed by atoms with van der Waals surface area (Å²) in [4.78, 5) is 11.4. The van der Waals surface area contributed by atoms with Crippen LogP contribution in [-0.4, -0.2) is 21.4 Å². The molecule has 6 heteroatoms. The second-order valence-electron chi connectivity index (χ2n) is 4.65. The van der Waals surface area contributed by atoms with Crippen LogP contribution in [0.5, 0.6) is 0 Å². The average molecular weight is 304 g/mol. The van der Waals surface area contributed by atoms with Crippen LogP contribution in [0, 0.1) is 6.92 Å². The van der Waals surface area contributed by atoms with E-state index in [9.17, 15) is 13.2 Å². The first kappa shape index (κ1) is 15.1. The van der Waals surface area contributed by atoms with Gasteiger partial charge in [-0.1, -0.05) is 18.2 Å². The predicted molar refractivity (Wildman–Crippen MR) is 81.7 cm³/mol. The first-order valence-electron chi connectivity index (χ1n) is 6.28. The van der Waals surface area contributed by atoms with Gasteiger partial charge in [-0.05, 0) is 42.8 Å². The van der Waals surface area contributed by atoms with Crippen LogP contribution in [-0.2, 0) is 10.0 Å². The molecule has 2 rings (SSSR count). The number of benzene rings is 2. The lowest BCUT2D eigenvalue weighted by Crippen LogP contribution is -2.27. The Balaban J connectivity index is 2.45. The third-order valence-electron chi connectivity index (χ3n) is 3.22. The van der Waals surface area contributed by atoms with Crippen LogP contribution in [0.1, 0.15) is 15.9 Å². The van der Waals surface area contributed by atoms with Gasteiger partial charge in [0, 0.05) is 12.6 Å². The highest BCUT2D eigenvalue weighted by Crippen LogP contribution is 2.25. The van der Waals surface area contributed by atoms with Crippen molar-refractivity contribution in [3.63, 3.8) is 0 Å². The Morgan fingerprint density at radius 3 is 2.24 bits per heavy atom. The quantitative estimate of drug-likeness (QED) is 0.937. The van der Waals surface area contributed by atoms with Gasteiger partial charge < -0.3 is 5.73 Å². The minimum absolute atomic E-state index is 0.214. The maximum Gasteiger partial charge on any atom is 0.264 e. The van der Waals surface area contributed by atoms with E-state index in [1.54, 1.807) is 49.4 Å². The van der Waals surface area contributed by atoms with E-state index in [-0.39, 0.29) is 4.90 Å². The standard InChI is InChI=1S/C15H16N2O3S/c1-11-10-12(15(16)18)8-9-14(11)17(2)21(19,20)13-6-4-3-5-7-13/h3-10H,1-2H3,(H2,16,18). The van der Waals surface area contributed by atoms with Crippen molar-refractivity contribution in [3.05, 3.63) is 59.7 Å². The highest BCUT2D eigenvalue weighted by atomic mass is 32.2. The fourth-order valence-electron chi connectivity index (χ4n) is 2.04. The monoisotopic (exact) mass is 304 g/mol. The van der Waals surface area contributed by atoms with Crippen LogP contribution in [0.3, 0.4) is 0 Å². The number of aryl methyl sites for hydroxylation is 1. The van der Waals surface area contributed by atoms with Crippen molar-refractivity contribution in [1.29, 1.82) is 0 Å². The summed E-state index contributed by atoms with van der Waals surface area (Å²) in [5.74, 6) is -0.543. The average Bonchev–Trinajstić information content (AvgIpc) is 2.47. The summed E-state index contributed by atoms with van der Waals surface area (Å²) in [6.45, 7) is 1.73. The van der Waals surface area contributed by atoms with E-state index in [0.717, 1.165) is 0 Å². The number of anilines is 1. The molecule has 2 aromatic rings. The molecule has 5 nitrogen and oxygen atoms in total. The molecule has 110 valence electrons. The van der Waals surface area contributed by atoms with Crippen LogP contribution < -0.4 is 10.0 Å². The van der Waals surface area contributed by atoms with Crippen molar-refractivity contribution >= 4 is 21.6 Å². The Morgan fingerprint density at radius 1 is 1.10 bits per heavy atom. The molecular formula is C15H16N2O3S. The Labute approximate surface area is 124 Å². The molecule has 0 aliphatic rings. The van der Waals surface area contributed by atoms with Crippen molar-refractivity contribution in [3.8, 4) is 0 Å². The lowest BCUT2D eigenvalue weighted by molar-refractivity contribution is 0.1000. The Bertz CT molecular complexity index is 771. The van der Waals surface area contributed by atoms with E-state index in [1.807, 2.05) is 0 Å². The summed E-state index contributed by atoms with van der Waals surface area (Å²) in [6.07, 6.45) is 0. The molecule has 0 saturated carbocycles. The number of hydrogen-bond acceptors (Lipinski definition) is 3. The number of amides is 1. The van der Waals surface area contributed by atoms with Crippen molar-refractivity contribution in [2.75, 3.05) is 11.4 Å². The zero-order chi connectivity index (χ0) is 15.6. The van der Waals surface area contributed by atoms with E-state index in [4.69, 9.17) is 5.73 Å². The summed E-state index contributed by atoms with van der Waals surface area (Å²) in [6, 6.07) is 12.9. The molecule has 0 atom stereocenters. The van der Waals surface area contributed by atoms with Crippen LogP contribution in [0.4, 0.5) is 5.69 Å². The lowest BCUT2D eigenvalue weighted by Gasteiger charge is -2.21. The molecular weight excluding hydrogens is 288 g/mol. The van der Waals surface area contributed by atoms with Crippen molar-refractivity contribution in [1.82, 2.24) is 0 Å². The fourth-order valence-corrected chi connectivity index (χ4v) is 3.32. The molecule has 0 aromatic heterocycles. The van der Waals surface area contributed by atoms with Crippen LogP contribution in [0.25, 0.3) is 0 Å². The number of nitrogens with two attached hydrogens (primary N) is 1. The number of rotatable bonds is 4. The summed E-state index contributed by atoms with van der Waals surface area (Å²) in [5.41, 5.74) is 6.73. The number of carbonyl (C=O) groups is 1. The highest BCUT2D eigenvalue weighted by molar-refractivity contribution is 7.92. The third kappa shape index (κ3) is 2.90. The molecule has 0 aliphatic heterocycles. The molecule has 0 aliphatic carbocycles. The van der Waals surface area contributed by atoms with E-state index >= 15 is 0 Å². The largest absolute Gasteiger partial charge is 0.366 e. The molecule has 0 spiro atoms. The fraction of sp³-hybridized carbons (Fsp3) is 0.133. The normalized spacial score (nSPS) is 11.1. The lowest BCUT2D eigenvalue weighted by atomic mass is 10.1. The van der Waals surface area contributed by atoms with Gasteiger partial charge in [0.05, 0.1) is 10.6 Å². The Morgan fingerprint density at radius 2 is 1.71 bits per heavy atom. The topological polar surface area (TPSA) is 80.5 Å². The zero-order valence-corrected chi connectivity index (χ0v) is 12.6. The van der Waals surface area contributed by atoms with Crippen molar-refractivity contribution in [2.24, 2.45) is 5.73 Å². The Hall–Kier alpha value is -2.34. The molecule has 0 heterocycles. The number of carbonyl (C=O) groups excluding carboxylic acids is 1. The minimum Gasteiger partial charge on any atom is -0.366 e. The zero-order valence-electron chi connectivity index (χ0n) is 11.8. The first-order valence-corrected chi connectivity index (χ1v) is 7.72. The van der Waals surface area contributed by atoms with E-state index in [1.165, 1.54) is 17.4 Å². The molecule has 0 bridgehead atoms. The summed E-state index contributed by atoms with van der Waals surface area (Å²) < 4.78 is 26.3. The molecule has 2 aromatic carbocycles. The van der Waals surface area contributed by atoms with Crippen LogP contribution in [0.15, 0.2) is 53.4 Å². The van der Waals surface area contributed by atoms with Gasteiger partial charge in [0.25, 0.3) is 10.0 Å². The molecule has 0 unspecified atom stereocenters. The maximum atomic E-state index is 12.5. The van der Waals surface area contributed by atoms with Gasteiger partial charge in [-0.3, -0.25) is 9.10 Å². The Kier molecular flexibility index (Phi) is 3.99. The summed E-state index contributed by atoms with van der Waals surface area (Å²) in [5, 5.41) is 0. The number of sulfonamides is 1. The van der Waals surface area contributed by atoms with Gasteiger partial charge in [-0.2, -0.15) is 0 Å². The molecule has 21 heavy (non-hydrogen) atoms. The third-order valence-corrected chi connectivity index (χ3v) is 5.01. The second kappa shape index (κ2) is 5.57. The molecule has 0 radical (unpaired) electrons. The van der Waals surface area contributed by atoms with Gasteiger partial charge in [-0.15, -0.1) is 0 Å². The van der Waals surface area contributed by atoms with Crippen LogP contribution in [0.2, 0.25) is 0 Å². The number of primary amides is 1. The van der Waals surface area contributed by atoms with E-state index in [2.05, 4.69) is 0 Å². The molecule has 0 fully saturated rings. The van der Waals surface area contributed by atoms with Gasteiger partial charge in [0.15, 0.2) is 0 Å². The molecule has 1 amide bonds. The highest BCUT2D eigenvalue weighted by Gasteiger charge is 2.22. The van der Waals surface area contributed by atoms with Gasteiger partial charge in [0.1, 0.15) is 0 Å². The SMILES string of the molecule is Cc1cc(C(N)=O)ccc1N(C)S(=O)(=O)c1ccccc1. The first-order chi connectivity index (χ1) is 9.84. The molecule has 2 N–H and O–H groups in total. The maximum absolute atomic E-state index is 12.5. The second-order valence-corrected chi connectivity index (χ2v) is 6.62. The van der Waals surface area contributed by atoms with E-state index in [0.29, 0.717) is 16.8 Å². The van der Waals surface area contributed by atoms with Crippen molar-refractivity contribution in [2.45, 2.75) is 11.8 Å². The summed E-state index contributed by atoms with van der Waals surface area (Å²) in [7, 11) is -2.15. The predicted octanol–water partition coefficient (Wildman–Crippen LogP) is 1.92. The van der Waals surface area contributed by atoms with Crippen LogP contribution >= 0.6 is 0 Å². The van der Waals surface area contributed by atoms with Gasteiger partial charge in [-0.25, -0.2) is 8.42 Å². The smallest absolute Gasteiger partial charge is 0.264 e. The van der Waals surface area contributed by atoms with Gasteiger partial charge in [0.2, 0.25) is 5.91 Å². The number of hydrogen-bond donors (Lipinski definition) is 1. The van der Waals surface area contributed by atoms with E-state index < -0.39 is 15.9 Å². The number of nitrogens with zero attached hydrogens (tertiary/aromatic N) is 1.